The molecular formula is C15H16N2O. The number of pyridine rings is 1. The van der Waals surface area contributed by atoms with Crippen LogP contribution in [0, 0.1) is 0 Å². The zero-order valence-corrected chi connectivity index (χ0v) is 10.6. The van der Waals surface area contributed by atoms with Gasteiger partial charge in [0.25, 0.3) is 5.91 Å². The first kappa shape index (κ1) is 12.3. The van der Waals surface area contributed by atoms with Crippen LogP contribution in [-0.2, 0) is 0 Å². The zero-order chi connectivity index (χ0) is 13.0. The zero-order valence-electron chi connectivity index (χ0n) is 10.6. The van der Waals surface area contributed by atoms with E-state index in [4.69, 9.17) is 0 Å². The maximum Gasteiger partial charge on any atom is 0.256 e. The molecule has 1 amide bonds. The Morgan fingerprint density at radius 2 is 1.89 bits per heavy atom. The lowest BCUT2D eigenvalue weighted by Crippen LogP contribution is -2.12. The highest BCUT2D eigenvalue weighted by Crippen LogP contribution is 2.16. The summed E-state index contributed by atoms with van der Waals surface area (Å²) in [6.45, 7) is 4.22. The van der Waals surface area contributed by atoms with Crippen molar-refractivity contribution in [3.63, 3.8) is 0 Å². The number of anilines is 1. The molecule has 0 bridgehead atoms. The Bertz CT molecular complexity index is 535. The van der Waals surface area contributed by atoms with Crippen LogP contribution >= 0.6 is 0 Å². The fraction of sp³-hybridized carbons (Fsp3) is 0.200. The monoisotopic (exact) mass is 240 g/mol. The first-order valence-corrected chi connectivity index (χ1v) is 5.99. The minimum Gasteiger partial charge on any atom is -0.307 e. The van der Waals surface area contributed by atoms with Gasteiger partial charge in [0.15, 0.2) is 0 Å². The molecule has 0 aliphatic heterocycles. The van der Waals surface area contributed by atoms with Crippen LogP contribution in [0.4, 0.5) is 5.82 Å². The molecule has 0 saturated heterocycles. The van der Waals surface area contributed by atoms with Crippen LogP contribution in [0.3, 0.4) is 0 Å². The van der Waals surface area contributed by atoms with Gasteiger partial charge in [-0.25, -0.2) is 4.98 Å². The van der Waals surface area contributed by atoms with Crippen molar-refractivity contribution in [2.24, 2.45) is 0 Å². The molecule has 3 heteroatoms. The number of nitrogens with zero attached hydrogens (tertiary/aromatic N) is 1. The number of carbonyl (C=O) groups is 1. The number of amides is 1. The van der Waals surface area contributed by atoms with Gasteiger partial charge in [0.1, 0.15) is 5.82 Å². The highest BCUT2D eigenvalue weighted by Gasteiger charge is 2.07. The Kier molecular flexibility index (Phi) is 3.72. The van der Waals surface area contributed by atoms with Crippen LogP contribution in [0.5, 0.6) is 0 Å². The third-order valence-corrected chi connectivity index (χ3v) is 2.73. The molecular weight excluding hydrogens is 224 g/mol. The van der Waals surface area contributed by atoms with Crippen molar-refractivity contribution in [2.45, 2.75) is 19.8 Å². The topological polar surface area (TPSA) is 42.0 Å². The molecule has 1 heterocycles. The van der Waals surface area contributed by atoms with E-state index >= 15 is 0 Å². The number of hydrogen-bond acceptors (Lipinski definition) is 2. The third kappa shape index (κ3) is 2.94. The summed E-state index contributed by atoms with van der Waals surface area (Å²) in [5, 5.41) is 2.80. The van der Waals surface area contributed by atoms with Crippen LogP contribution < -0.4 is 5.32 Å². The summed E-state index contributed by atoms with van der Waals surface area (Å²) < 4.78 is 0. The first-order valence-electron chi connectivity index (χ1n) is 5.99. The maximum absolute atomic E-state index is 11.9. The van der Waals surface area contributed by atoms with Gasteiger partial charge in [-0.15, -0.1) is 0 Å². The molecule has 92 valence electrons. The largest absolute Gasteiger partial charge is 0.307 e. The Morgan fingerprint density at radius 3 is 2.56 bits per heavy atom. The summed E-state index contributed by atoms with van der Waals surface area (Å²) in [4.78, 5) is 16.1. The van der Waals surface area contributed by atoms with Crippen LogP contribution in [0.25, 0.3) is 0 Å². The minimum absolute atomic E-state index is 0.135. The number of rotatable bonds is 3. The van der Waals surface area contributed by atoms with Crippen molar-refractivity contribution in [3.05, 3.63) is 59.8 Å². The SMILES string of the molecule is CC(C)c1ccnc(NC(=O)c2ccccc2)c1. The summed E-state index contributed by atoms with van der Waals surface area (Å²) in [5.41, 5.74) is 1.79. The molecule has 0 unspecified atom stereocenters. The standard InChI is InChI=1S/C15H16N2O/c1-11(2)13-8-9-16-14(10-13)17-15(18)12-6-4-3-5-7-12/h3-11H,1-2H3,(H,16,17,18). The first-order chi connectivity index (χ1) is 8.66. The van der Waals surface area contributed by atoms with E-state index in [1.165, 1.54) is 0 Å². The van der Waals surface area contributed by atoms with E-state index in [9.17, 15) is 4.79 Å². The van der Waals surface area contributed by atoms with Crippen LogP contribution in [0.2, 0.25) is 0 Å². The Morgan fingerprint density at radius 1 is 1.17 bits per heavy atom. The lowest BCUT2D eigenvalue weighted by Gasteiger charge is -2.08. The summed E-state index contributed by atoms with van der Waals surface area (Å²) in [6.07, 6.45) is 1.72. The van der Waals surface area contributed by atoms with Gasteiger partial charge in [-0.1, -0.05) is 32.0 Å². The Labute approximate surface area is 107 Å². The molecule has 0 radical (unpaired) electrons. The summed E-state index contributed by atoms with van der Waals surface area (Å²) >= 11 is 0. The van der Waals surface area contributed by atoms with E-state index in [1.807, 2.05) is 30.3 Å². The summed E-state index contributed by atoms with van der Waals surface area (Å²) in [6, 6.07) is 13.0. The number of hydrogen-bond donors (Lipinski definition) is 1. The molecule has 2 rings (SSSR count). The van der Waals surface area contributed by atoms with Gasteiger partial charge in [-0.3, -0.25) is 4.79 Å². The fourth-order valence-electron chi connectivity index (χ4n) is 1.65. The number of nitrogens with one attached hydrogen (secondary N) is 1. The van der Waals surface area contributed by atoms with Crippen LogP contribution in [-0.4, -0.2) is 10.9 Å². The van der Waals surface area contributed by atoms with Gasteiger partial charge in [0.05, 0.1) is 0 Å². The molecule has 1 aromatic carbocycles. The number of aromatic nitrogens is 1. The predicted octanol–water partition coefficient (Wildman–Crippen LogP) is 3.46. The van der Waals surface area contributed by atoms with Gasteiger partial charge in [-0.2, -0.15) is 0 Å². The van der Waals surface area contributed by atoms with Crippen molar-refractivity contribution in [1.82, 2.24) is 4.98 Å². The van der Waals surface area contributed by atoms with E-state index in [1.54, 1.807) is 18.3 Å². The van der Waals surface area contributed by atoms with Crippen molar-refractivity contribution in [1.29, 1.82) is 0 Å². The quantitative estimate of drug-likeness (QED) is 0.892. The molecule has 0 spiro atoms. The Hall–Kier alpha value is -2.16. The van der Waals surface area contributed by atoms with Crippen LogP contribution in [0.1, 0.15) is 35.7 Å². The second kappa shape index (κ2) is 5.45. The number of carbonyl (C=O) groups excluding carboxylic acids is 1. The molecule has 0 atom stereocenters. The van der Waals surface area contributed by atoms with Gasteiger partial charge in [-0.05, 0) is 35.7 Å². The van der Waals surface area contributed by atoms with Crippen molar-refractivity contribution in [3.8, 4) is 0 Å². The second-order valence-electron chi connectivity index (χ2n) is 4.45. The highest BCUT2D eigenvalue weighted by molar-refractivity contribution is 6.03. The molecule has 18 heavy (non-hydrogen) atoms. The lowest BCUT2D eigenvalue weighted by atomic mass is 10.1. The average molecular weight is 240 g/mol. The van der Waals surface area contributed by atoms with Crippen LogP contribution in [0.15, 0.2) is 48.7 Å². The van der Waals surface area contributed by atoms with Crippen molar-refractivity contribution >= 4 is 11.7 Å². The molecule has 0 fully saturated rings. The van der Waals surface area contributed by atoms with E-state index in [0.29, 0.717) is 17.3 Å². The van der Waals surface area contributed by atoms with Crippen molar-refractivity contribution < 1.29 is 4.79 Å². The van der Waals surface area contributed by atoms with E-state index < -0.39 is 0 Å². The summed E-state index contributed by atoms with van der Waals surface area (Å²) in [5.74, 6) is 0.874. The molecule has 3 nitrogen and oxygen atoms in total. The third-order valence-electron chi connectivity index (χ3n) is 2.73. The van der Waals surface area contributed by atoms with Gasteiger partial charge in [0.2, 0.25) is 0 Å². The predicted molar refractivity (Wildman–Crippen MR) is 72.7 cm³/mol. The molecule has 0 saturated carbocycles. The molecule has 0 aliphatic carbocycles. The second-order valence-corrected chi connectivity index (χ2v) is 4.45. The molecule has 1 N–H and O–H groups in total. The molecule has 2 aromatic rings. The van der Waals surface area contributed by atoms with E-state index in [0.717, 1.165) is 5.56 Å². The maximum atomic E-state index is 11.9. The average Bonchev–Trinajstić information content (AvgIpc) is 2.40. The fourth-order valence-corrected chi connectivity index (χ4v) is 1.65. The normalized spacial score (nSPS) is 10.4. The lowest BCUT2D eigenvalue weighted by molar-refractivity contribution is 0.102. The van der Waals surface area contributed by atoms with Gasteiger partial charge < -0.3 is 5.32 Å². The van der Waals surface area contributed by atoms with E-state index in [2.05, 4.69) is 24.1 Å². The van der Waals surface area contributed by atoms with Gasteiger partial charge in [0, 0.05) is 11.8 Å². The Balaban J connectivity index is 2.15. The van der Waals surface area contributed by atoms with Crippen molar-refractivity contribution in [2.75, 3.05) is 5.32 Å². The molecule has 0 aliphatic rings. The summed E-state index contributed by atoms with van der Waals surface area (Å²) in [7, 11) is 0. The molecule has 1 aromatic heterocycles. The smallest absolute Gasteiger partial charge is 0.256 e. The van der Waals surface area contributed by atoms with E-state index in [-0.39, 0.29) is 5.91 Å². The minimum atomic E-state index is -0.135. The van der Waals surface area contributed by atoms with Gasteiger partial charge >= 0.3 is 0 Å². The number of benzene rings is 1. The highest BCUT2D eigenvalue weighted by atomic mass is 16.1.